The highest BCUT2D eigenvalue weighted by atomic mass is 35.5. The molecule has 0 amide bonds. The van der Waals surface area contributed by atoms with Crippen LogP contribution in [0.5, 0.6) is 0 Å². The Labute approximate surface area is 104 Å². The summed E-state index contributed by atoms with van der Waals surface area (Å²) in [5.74, 6) is -2.73. The van der Waals surface area contributed by atoms with E-state index in [1.165, 1.54) is 12.1 Å². The summed E-state index contributed by atoms with van der Waals surface area (Å²) < 4.78 is 4.49. The normalized spacial score (nSPS) is 11.6. The summed E-state index contributed by atoms with van der Waals surface area (Å²) in [7, 11) is 0. The number of Topliss-reactive ketones (excluding diaryl/α,β-unsaturated/α-hetero) is 2. The third-order valence-electron chi connectivity index (χ3n) is 2.00. The highest BCUT2D eigenvalue weighted by Crippen LogP contribution is 2.10. The first kappa shape index (κ1) is 13.4. The summed E-state index contributed by atoms with van der Waals surface area (Å²) in [6.07, 6.45) is 0. The molecule has 5 heteroatoms. The fourth-order valence-corrected chi connectivity index (χ4v) is 1.39. The van der Waals surface area contributed by atoms with Crippen molar-refractivity contribution in [3.05, 3.63) is 35.9 Å². The van der Waals surface area contributed by atoms with Crippen LogP contribution in [0.4, 0.5) is 0 Å². The molecule has 1 aromatic rings. The lowest BCUT2D eigenvalue weighted by Gasteiger charge is -2.06. The molecule has 0 radical (unpaired) electrons. The summed E-state index contributed by atoms with van der Waals surface area (Å²) >= 11 is 5.65. The number of hydrogen-bond acceptors (Lipinski definition) is 4. The van der Waals surface area contributed by atoms with Crippen molar-refractivity contribution in [2.24, 2.45) is 0 Å². The largest absolute Gasteiger partial charge is 0.460 e. The van der Waals surface area contributed by atoms with Crippen LogP contribution >= 0.6 is 11.6 Å². The van der Waals surface area contributed by atoms with Gasteiger partial charge in [0.15, 0.2) is 11.2 Å². The van der Waals surface area contributed by atoms with Crippen LogP contribution in [-0.4, -0.2) is 29.5 Å². The minimum Gasteiger partial charge on any atom is -0.460 e. The van der Waals surface area contributed by atoms with Gasteiger partial charge in [0.1, 0.15) is 0 Å². The lowest BCUT2D eigenvalue weighted by atomic mass is 10.1. The molecular formula is C12H11ClO4. The molecule has 0 N–H and O–H groups in total. The average molecular weight is 255 g/mol. The van der Waals surface area contributed by atoms with Gasteiger partial charge < -0.3 is 4.74 Å². The molecule has 1 rings (SSSR count). The molecule has 0 aromatic heterocycles. The van der Waals surface area contributed by atoms with Crippen molar-refractivity contribution in [3.8, 4) is 0 Å². The molecule has 0 aliphatic rings. The van der Waals surface area contributed by atoms with Gasteiger partial charge in [-0.1, -0.05) is 30.3 Å². The molecule has 0 saturated carbocycles. The predicted molar refractivity (Wildman–Crippen MR) is 62.1 cm³/mol. The Morgan fingerprint density at radius 3 is 2.35 bits per heavy atom. The van der Waals surface area contributed by atoms with E-state index in [9.17, 15) is 14.4 Å². The van der Waals surface area contributed by atoms with Crippen molar-refractivity contribution in [2.45, 2.75) is 12.3 Å². The van der Waals surface area contributed by atoms with Gasteiger partial charge in [-0.3, -0.25) is 9.59 Å². The van der Waals surface area contributed by atoms with Crippen LogP contribution in [0, 0.1) is 0 Å². The summed E-state index contributed by atoms with van der Waals surface area (Å²) in [6.45, 7) is 1.63. The number of esters is 1. The quantitative estimate of drug-likeness (QED) is 0.263. The van der Waals surface area contributed by atoms with Crippen molar-refractivity contribution in [2.75, 3.05) is 6.61 Å². The summed E-state index contributed by atoms with van der Waals surface area (Å²) in [5, 5.41) is -1.53. The van der Waals surface area contributed by atoms with Gasteiger partial charge in [0.2, 0.25) is 0 Å². The molecule has 1 atom stereocenters. The van der Waals surface area contributed by atoms with Crippen molar-refractivity contribution in [1.29, 1.82) is 0 Å². The van der Waals surface area contributed by atoms with Gasteiger partial charge in [-0.05, 0) is 6.92 Å². The van der Waals surface area contributed by atoms with Gasteiger partial charge in [0.05, 0.1) is 6.61 Å². The number of benzene rings is 1. The van der Waals surface area contributed by atoms with Gasteiger partial charge >= 0.3 is 5.97 Å². The number of hydrogen-bond donors (Lipinski definition) is 0. The zero-order valence-electron chi connectivity index (χ0n) is 9.18. The number of rotatable bonds is 5. The lowest BCUT2D eigenvalue weighted by molar-refractivity contribution is -0.153. The van der Waals surface area contributed by atoms with E-state index in [4.69, 9.17) is 11.6 Å². The zero-order valence-corrected chi connectivity index (χ0v) is 9.94. The molecule has 0 aliphatic heterocycles. The number of halogens is 1. The topological polar surface area (TPSA) is 60.4 Å². The highest BCUT2D eigenvalue weighted by Gasteiger charge is 2.31. The minimum absolute atomic E-state index is 0.0632. The second kappa shape index (κ2) is 6.15. The standard InChI is InChI=1S/C12H11ClO4/c1-2-17-12(16)11(15)9(13)10(14)8-6-4-3-5-7-8/h3-7,9H,2H2,1H3. The van der Waals surface area contributed by atoms with E-state index in [1.807, 2.05) is 0 Å². The fraction of sp³-hybridized carbons (Fsp3) is 0.250. The minimum atomic E-state index is -1.53. The van der Waals surface area contributed by atoms with E-state index in [-0.39, 0.29) is 12.2 Å². The summed E-state index contributed by atoms with van der Waals surface area (Å²) in [6, 6.07) is 8.07. The summed E-state index contributed by atoms with van der Waals surface area (Å²) in [4.78, 5) is 34.3. The van der Waals surface area contributed by atoms with Gasteiger partial charge in [-0.25, -0.2) is 4.79 Å². The maximum Gasteiger partial charge on any atom is 0.376 e. The van der Waals surface area contributed by atoms with Crippen LogP contribution in [0.3, 0.4) is 0 Å². The van der Waals surface area contributed by atoms with Crippen molar-refractivity contribution in [3.63, 3.8) is 0 Å². The van der Waals surface area contributed by atoms with Gasteiger partial charge in [-0.15, -0.1) is 11.6 Å². The number of carbonyl (C=O) groups excluding carboxylic acids is 3. The number of ether oxygens (including phenoxy) is 1. The van der Waals surface area contributed by atoms with E-state index in [1.54, 1.807) is 25.1 Å². The molecule has 0 spiro atoms. The smallest absolute Gasteiger partial charge is 0.376 e. The Bertz CT molecular complexity index is 427. The zero-order chi connectivity index (χ0) is 12.8. The van der Waals surface area contributed by atoms with E-state index >= 15 is 0 Å². The Hall–Kier alpha value is -1.68. The number of alkyl halides is 1. The van der Waals surface area contributed by atoms with Crippen LogP contribution in [0.25, 0.3) is 0 Å². The Kier molecular flexibility index (Phi) is 4.84. The molecule has 0 fully saturated rings. The van der Waals surface area contributed by atoms with Crippen molar-refractivity contribution < 1.29 is 19.1 Å². The molecule has 17 heavy (non-hydrogen) atoms. The van der Waals surface area contributed by atoms with Gasteiger partial charge in [0, 0.05) is 5.56 Å². The molecule has 0 heterocycles. The second-order valence-electron chi connectivity index (χ2n) is 3.18. The highest BCUT2D eigenvalue weighted by molar-refractivity contribution is 6.56. The maximum atomic E-state index is 11.7. The van der Waals surface area contributed by atoms with Crippen molar-refractivity contribution >= 4 is 29.1 Å². The molecule has 90 valence electrons. The molecule has 1 unspecified atom stereocenters. The maximum absolute atomic E-state index is 11.7. The van der Waals surface area contributed by atoms with Gasteiger partial charge in [-0.2, -0.15) is 0 Å². The predicted octanol–water partition coefficient (Wildman–Crippen LogP) is 1.61. The number of ketones is 2. The van der Waals surface area contributed by atoms with E-state index in [0.29, 0.717) is 0 Å². The second-order valence-corrected chi connectivity index (χ2v) is 3.61. The first-order chi connectivity index (χ1) is 8.07. The SMILES string of the molecule is CCOC(=O)C(=O)C(Cl)C(=O)c1ccccc1. The third kappa shape index (κ3) is 3.39. The Balaban J connectivity index is 2.77. The van der Waals surface area contributed by atoms with E-state index < -0.39 is 22.9 Å². The van der Waals surface area contributed by atoms with Crippen LogP contribution in [0.2, 0.25) is 0 Å². The van der Waals surface area contributed by atoms with Crippen LogP contribution < -0.4 is 0 Å². The van der Waals surface area contributed by atoms with Gasteiger partial charge in [0.25, 0.3) is 5.78 Å². The molecule has 1 aromatic carbocycles. The molecule has 0 bridgehead atoms. The average Bonchev–Trinajstić information content (AvgIpc) is 2.37. The monoisotopic (exact) mass is 254 g/mol. The Morgan fingerprint density at radius 1 is 1.24 bits per heavy atom. The number of carbonyl (C=O) groups is 3. The summed E-state index contributed by atoms with van der Waals surface area (Å²) in [5.41, 5.74) is 0.283. The molecule has 4 nitrogen and oxygen atoms in total. The van der Waals surface area contributed by atoms with E-state index in [0.717, 1.165) is 0 Å². The first-order valence-corrected chi connectivity index (χ1v) is 5.45. The van der Waals surface area contributed by atoms with Crippen LogP contribution in [0.1, 0.15) is 17.3 Å². The first-order valence-electron chi connectivity index (χ1n) is 5.02. The molecule has 0 aliphatic carbocycles. The third-order valence-corrected chi connectivity index (χ3v) is 2.39. The van der Waals surface area contributed by atoms with E-state index in [2.05, 4.69) is 4.74 Å². The Morgan fingerprint density at radius 2 is 1.82 bits per heavy atom. The van der Waals surface area contributed by atoms with Crippen LogP contribution in [0.15, 0.2) is 30.3 Å². The van der Waals surface area contributed by atoms with Crippen LogP contribution in [-0.2, 0) is 14.3 Å². The lowest BCUT2D eigenvalue weighted by Crippen LogP contribution is -2.32. The van der Waals surface area contributed by atoms with Crippen molar-refractivity contribution in [1.82, 2.24) is 0 Å². The molecule has 0 saturated heterocycles. The fourth-order valence-electron chi connectivity index (χ4n) is 1.17. The molecular weight excluding hydrogens is 244 g/mol.